The Morgan fingerprint density at radius 2 is 1.38 bits per heavy atom. The summed E-state index contributed by atoms with van der Waals surface area (Å²) in [6.45, 7) is -0.301. The van der Waals surface area contributed by atoms with Crippen molar-refractivity contribution in [2.24, 2.45) is 5.10 Å². The standard InChI is InChI=1S/C30H25N5O7/c36-29(19-26(21-10-4-1-5-11-21)31-30(37)23-14-8-3-9-15-23)42-20-27(22-12-6-2-7-13-22)33-32-25-17-16-24(34(38)39)18-28(25)35(40)41/h1-18,26,32H,19-20H2,(H,31,37)/b33-27-. The molecule has 0 aliphatic rings. The maximum atomic E-state index is 13.0. The number of carbonyl (C=O) groups excluding carboxylic acids is 2. The third-order valence-corrected chi connectivity index (χ3v) is 6.09. The summed E-state index contributed by atoms with van der Waals surface area (Å²) >= 11 is 0. The molecule has 0 saturated heterocycles. The molecular formula is C30H25N5O7. The van der Waals surface area contributed by atoms with Gasteiger partial charge in [0.1, 0.15) is 18.0 Å². The molecule has 12 nitrogen and oxygen atoms in total. The molecule has 12 heteroatoms. The van der Waals surface area contributed by atoms with E-state index in [1.807, 2.05) is 6.07 Å². The van der Waals surface area contributed by atoms with Gasteiger partial charge in [-0.15, -0.1) is 0 Å². The molecule has 0 spiro atoms. The van der Waals surface area contributed by atoms with Gasteiger partial charge in [0.2, 0.25) is 0 Å². The SMILES string of the molecule is O=C(CC(NC(=O)c1ccccc1)c1ccccc1)OC/C(=N/Nc1ccc([N+](=O)[O-])cc1[N+](=O)[O-])c1ccccc1. The predicted octanol–water partition coefficient (Wildman–Crippen LogP) is 5.42. The van der Waals surface area contributed by atoms with E-state index in [1.165, 1.54) is 6.07 Å². The molecule has 1 unspecified atom stereocenters. The molecule has 4 aromatic rings. The first-order chi connectivity index (χ1) is 20.3. The molecule has 0 heterocycles. The summed E-state index contributed by atoms with van der Waals surface area (Å²) in [5, 5.41) is 29.7. The van der Waals surface area contributed by atoms with E-state index in [4.69, 9.17) is 4.74 Å². The van der Waals surface area contributed by atoms with Gasteiger partial charge >= 0.3 is 11.7 Å². The molecule has 42 heavy (non-hydrogen) atoms. The number of anilines is 1. The number of hydrazone groups is 1. The van der Waals surface area contributed by atoms with Crippen LogP contribution in [0.2, 0.25) is 0 Å². The number of hydrogen-bond donors (Lipinski definition) is 2. The first-order valence-corrected chi connectivity index (χ1v) is 12.7. The number of benzene rings is 4. The lowest BCUT2D eigenvalue weighted by Gasteiger charge is -2.19. The van der Waals surface area contributed by atoms with E-state index < -0.39 is 33.2 Å². The van der Waals surface area contributed by atoms with Gasteiger partial charge in [-0.25, -0.2) is 0 Å². The lowest BCUT2D eigenvalue weighted by atomic mass is 10.0. The molecule has 4 aromatic carbocycles. The smallest absolute Gasteiger partial charge is 0.308 e. The fourth-order valence-electron chi connectivity index (χ4n) is 3.96. The number of amides is 1. The van der Waals surface area contributed by atoms with Crippen LogP contribution in [0, 0.1) is 20.2 Å². The Kier molecular flexibility index (Phi) is 9.65. The molecule has 0 radical (unpaired) electrons. The minimum Gasteiger partial charge on any atom is -0.459 e. The Morgan fingerprint density at radius 3 is 1.98 bits per heavy atom. The summed E-state index contributed by atoms with van der Waals surface area (Å²) in [6, 6.07) is 28.7. The molecule has 0 fully saturated rings. The van der Waals surface area contributed by atoms with E-state index in [0.717, 1.165) is 12.1 Å². The largest absolute Gasteiger partial charge is 0.459 e. The summed E-state index contributed by atoms with van der Waals surface area (Å²) in [5.74, 6) is -0.972. The molecule has 0 aliphatic carbocycles. The average Bonchev–Trinajstić information content (AvgIpc) is 3.01. The van der Waals surface area contributed by atoms with E-state index in [1.54, 1.807) is 84.9 Å². The highest BCUT2D eigenvalue weighted by Gasteiger charge is 2.22. The van der Waals surface area contributed by atoms with Crippen molar-refractivity contribution in [2.75, 3.05) is 12.0 Å². The number of nitro groups is 2. The first kappa shape index (κ1) is 29.1. The van der Waals surface area contributed by atoms with Crippen LogP contribution in [0.15, 0.2) is 114 Å². The lowest BCUT2D eigenvalue weighted by Crippen LogP contribution is -2.31. The van der Waals surface area contributed by atoms with Crippen LogP contribution in [0.4, 0.5) is 17.1 Å². The highest BCUT2D eigenvalue weighted by atomic mass is 16.6. The number of rotatable bonds is 12. The maximum Gasteiger partial charge on any atom is 0.308 e. The van der Waals surface area contributed by atoms with Crippen LogP contribution in [-0.4, -0.2) is 34.0 Å². The van der Waals surface area contributed by atoms with Crippen molar-refractivity contribution < 1.29 is 24.2 Å². The van der Waals surface area contributed by atoms with E-state index in [-0.39, 0.29) is 30.3 Å². The topological polar surface area (TPSA) is 166 Å². The summed E-state index contributed by atoms with van der Waals surface area (Å²) in [6.07, 6.45) is -0.175. The molecule has 2 N–H and O–H groups in total. The molecule has 212 valence electrons. The Hall–Kier alpha value is -5.91. The Bertz CT molecular complexity index is 1600. The van der Waals surface area contributed by atoms with E-state index in [2.05, 4.69) is 15.8 Å². The van der Waals surface area contributed by atoms with Crippen molar-refractivity contribution in [2.45, 2.75) is 12.5 Å². The Balaban J connectivity index is 1.51. The van der Waals surface area contributed by atoms with Crippen LogP contribution in [-0.2, 0) is 9.53 Å². The monoisotopic (exact) mass is 567 g/mol. The third kappa shape index (κ3) is 7.82. The van der Waals surface area contributed by atoms with Crippen molar-refractivity contribution in [1.29, 1.82) is 0 Å². The Labute approximate surface area is 240 Å². The second kappa shape index (κ2) is 13.9. The highest BCUT2D eigenvalue weighted by Crippen LogP contribution is 2.29. The first-order valence-electron chi connectivity index (χ1n) is 12.7. The minimum absolute atomic E-state index is 0.0851. The van der Waals surface area contributed by atoms with Gasteiger partial charge in [-0.3, -0.25) is 35.2 Å². The Morgan fingerprint density at radius 1 is 0.786 bits per heavy atom. The second-order valence-corrected chi connectivity index (χ2v) is 8.92. The molecule has 0 aliphatic heterocycles. The van der Waals surface area contributed by atoms with Crippen molar-refractivity contribution in [3.63, 3.8) is 0 Å². The minimum atomic E-state index is -0.763. The fraction of sp³-hybridized carbons (Fsp3) is 0.100. The summed E-state index contributed by atoms with van der Waals surface area (Å²) in [7, 11) is 0. The highest BCUT2D eigenvalue weighted by molar-refractivity contribution is 6.02. The van der Waals surface area contributed by atoms with Crippen molar-refractivity contribution in [3.05, 3.63) is 146 Å². The zero-order valence-corrected chi connectivity index (χ0v) is 22.1. The molecule has 0 aromatic heterocycles. The fourth-order valence-corrected chi connectivity index (χ4v) is 3.96. The molecule has 1 amide bonds. The van der Waals surface area contributed by atoms with Crippen molar-refractivity contribution >= 4 is 34.7 Å². The molecular weight excluding hydrogens is 542 g/mol. The van der Waals surface area contributed by atoms with Gasteiger partial charge in [0.15, 0.2) is 0 Å². The van der Waals surface area contributed by atoms with Crippen LogP contribution in [0.1, 0.15) is 33.9 Å². The zero-order chi connectivity index (χ0) is 29.9. The second-order valence-electron chi connectivity index (χ2n) is 8.92. The van der Waals surface area contributed by atoms with E-state index in [0.29, 0.717) is 16.7 Å². The molecule has 0 bridgehead atoms. The molecule has 4 rings (SSSR count). The molecule has 0 saturated carbocycles. The lowest BCUT2D eigenvalue weighted by molar-refractivity contribution is -0.393. The number of hydrogen-bond acceptors (Lipinski definition) is 9. The van der Waals surface area contributed by atoms with Crippen LogP contribution < -0.4 is 10.7 Å². The number of non-ortho nitro benzene ring substituents is 1. The number of nitrogens with one attached hydrogen (secondary N) is 2. The zero-order valence-electron chi connectivity index (χ0n) is 22.1. The quantitative estimate of drug-likeness (QED) is 0.0990. The number of carbonyl (C=O) groups is 2. The number of nitrogens with zero attached hydrogens (tertiary/aromatic N) is 3. The number of nitro benzene ring substituents is 2. The number of ether oxygens (including phenoxy) is 1. The summed E-state index contributed by atoms with van der Waals surface area (Å²) in [5.41, 5.74) is 3.45. The van der Waals surface area contributed by atoms with Crippen molar-refractivity contribution in [3.8, 4) is 0 Å². The third-order valence-electron chi connectivity index (χ3n) is 6.09. The van der Waals surface area contributed by atoms with Gasteiger partial charge < -0.3 is 10.1 Å². The average molecular weight is 568 g/mol. The predicted molar refractivity (Wildman–Crippen MR) is 155 cm³/mol. The van der Waals surface area contributed by atoms with Crippen LogP contribution >= 0.6 is 0 Å². The van der Waals surface area contributed by atoms with Gasteiger partial charge in [0, 0.05) is 17.2 Å². The van der Waals surface area contributed by atoms with Crippen LogP contribution in [0.3, 0.4) is 0 Å². The van der Waals surface area contributed by atoms with E-state index >= 15 is 0 Å². The van der Waals surface area contributed by atoms with Gasteiger partial charge in [0.25, 0.3) is 11.6 Å². The molecule has 1 atom stereocenters. The van der Waals surface area contributed by atoms with Crippen molar-refractivity contribution in [1.82, 2.24) is 5.32 Å². The van der Waals surface area contributed by atoms with Gasteiger partial charge in [0.05, 0.1) is 28.4 Å². The van der Waals surface area contributed by atoms with Crippen LogP contribution in [0.5, 0.6) is 0 Å². The number of esters is 1. The normalized spacial score (nSPS) is 11.7. The van der Waals surface area contributed by atoms with Gasteiger partial charge in [-0.1, -0.05) is 78.9 Å². The van der Waals surface area contributed by atoms with E-state index in [9.17, 15) is 29.8 Å². The summed E-state index contributed by atoms with van der Waals surface area (Å²) < 4.78 is 5.53. The summed E-state index contributed by atoms with van der Waals surface area (Å²) in [4.78, 5) is 46.9. The van der Waals surface area contributed by atoms with Gasteiger partial charge in [-0.05, 0) is 23.8 Å². The van der Waals surface area contributed by atoms with Gasteiger partial charge in [-0.2, -0.15) is 5.10 Å². The van der Waals surface area contributed by atoms with Crippen LogP contribution in [0.25, 0.3) is 0 Å². The maximum absolute atomic E-state index is 13.0.